The van der Waals surface area contributed by atoms with E-state index < -0.39 is 0 Å². The molecule has 2 nitrogen and oxygen atoms in total. The second kappa shape index (κ2) is 13.2. The zero-order valence-corrected chi connectivity index (χ0v) is 33.5. The molecule has 0 spiro atoms. The summed E-state index contributed by atoms with van der Waals surface area (Å²) in [6.07, 6.45) is 2.22. The topological polar surface area (TPSA) is 17.3 Å². The van der Waals surface area contributed by atoms with Gasteiger partial charge in [0.05, 0.1) is 11.4 Å². The van der Waals surface area contributed by atoms with Crippen LogP contribution in [0.15, 0.2) is 206 Å². The van der Waals surface area contributed by atoms with Gasteiger partial charge in [-0.15, -0.1) is 0 Å². The second-order valence-corrected chi connectivity index (χ2v) is 16.7. The Hall–Kier alpha value is -7.55. The lowest BCUT2D eigenvalue weighted by Crippen LogP contribution is -2.15. The molecule has 60 heavy (non-hydrogen) atoms. The van der Waals surface area contributed by atoms with Gasteiger partial charge >= 0.3 is 0 Å². The summed E-state index contributed by atoms with van der Waals surface area (Å²) < 4.78 is 2.25. The molecule has 12 rings (SSSR count). The molecule has 11 aromatic rings. The summed E-state index contributed by atoms with van der Waals surface area (Å²) in [6.45, 7) is 4.80. The van der Waals surface area contributed by atoms with Crippen LogP contribution >= 0.6 is 0 Å². The van der Waals surface area contributed by atoms with Gasteiger partial charge in [0.2, 0.25) is 0 Å². The van der Waals surface area contributed by atoms with Crippen LogP contribution in [0, 0.1) is 0 Å². The van der Waals surface area contributed by atoms with Crippen molar-refractivity contribution in [3.63, 3.8) is 0 Å². The Kier molecular flexibility index (Phi) is 7.61. The van der Waals surface area contributed by atoms with Gasteiger partial charge in [0.1, 0.15) is 5.65 Å². The van der Waals surface area contributed by atoms with Crippen molar-refractivity contribution < 1.29 is 0 Å². The largest absolute Gasteiger partial charge is 0.298 e. The normalized spacial score (nSPS) is 13.0. The van der Waals surface area contributed by atoms with Crippen molar-refractivity contribution in [3.8, 4) is 67.0 Å². The molecule has 0 unspecified atom stereocenters. The molecule has 2 heteroatoms. The quantitative estimate of drug-likeness (QED) is 0.160. The summed E-state index contributed by atoms with van der Waals surface area (Å²) in [7, 11) is 0. The van der Waals surface area contributed by atoms with Gasteiger partial charge in [0.15, 0.2) is 0 Å². The number of imidazole rings is 1. The van der Waals surface area contributed by atoms with Gasteiger partial charge in [-0.05, 0) is 112 Å². The molecular weight excluding hydrogens is 725 g/mol. The predicted octanol–water partition coefficient (Wildman–Crippen LogP) is 15.4. The van der Waals surface area contributed by atoms with Crippen LogP contribution < -0.4 is 0 Å². The van der Waals surface area contributed by atoms with E-state index in [-0.39, 0.29) is 5.41 Å². The Morgan fingerprint density at radius 2 is 0.900 bits per heavy atom. The van der Waals surface area contributed by atoms with Crippen LogP contribution in [0.3, 0.4) is 0 Å². The first-order valence-electron chi connectivity index (χ1n) is 20.9. The molecule has 0 saturated carbocycles. The van der Waals surface area contributed by atoms with E-state index in [0.717, 1.165) is 28.2 Å². The highest BCUT2D eigenvalue weighted by molar-refractivity contribution is 6.22. The SMILES string of the molecule is CC1(C)c2cc(-c3ccc(-c4nc5cc6ccccc6cn5c4-c4ccccc4)cc3)ccc2-c2cc3c(-c4ccccc4)c4ccccc4c(-c4ccccc4)c3cc21. The first kappa shape index (κ1) is 34.5. The van der Waals surface area contributed by atoms with E-state index in [1.165, 1.54) is 88.0 Å². The number of benzene rings is 9. The van der Waals surface area contributed by atoms with Crippen LogP contribution in [0.2, 0.25) is 0 Å². The first-order valence-corrected chi connectivity index (χ1v) is 20.9. The average molecular weight is 765 g/mol. The number of hydrogen-bond donors (Lipinski definition) is 0. The van der Waals surface area contributed by atoms with Crippen molar-refractivity contribution in [2.75, 3.05) is 0 Å². The molecular formula is C58H40N2. The van der Waals surface area contributed by atoms with E-state index in [2.05, 4.69) is 225 Å². The van der Waals surface area contributed by atoms with Crippen molar-refractivity contribution in [2.24, 2.45) is 0 Å². The molecule has 0 fully saturated rings. The molecule has 0 saturated heterocycles. The fourth-order valence-electron chi connectivity index (χ4n) is 10.0. The zero-order chi connectivity index (χ0) is 40.0. The fraction of sp³-hybridized carbons (Fsp3) is 0.0517. The van der Waals surface area contributed by atoms with Crippen LogP contribution in [-0.4, -0.2) is 9.38 Å². The van der Waals surface area contributed by atoms with Gasteiger partial charge in [0, 0.05) is 22.7 Å². The van der Waals surface area contributed by atoms with Crippen molar-refractivity contribution in [2.45, 2.75) is 19.3 Å². The smallest absolute Gasteiger partial charge is 0.138 e. The molecule has 1 aliphatic rings. The molecule has 0 bridgehead atoms. The van der Waals surface area contributed by atoms with Gasteiger partial charge in [-0.2, -0.15) is 0 Å². The number of rotatable bonds is 5. The van der Waals surface area contributed by atoms with Crippen molar-refractivity contribution in [3.05, 3.63) is 218 Å². The van der Waals surface area contributed by atoms with Crippen molar-refractivity contribution in [1.29, 1.82) is 0 Å². The molecule has 0 aliphatic heterocycles. The Morgan fingerprint density at radius 1 is 0.383 bits per heavy atom. The van der Waals surface area contributed by atoms with Crippen LogP contribution in [0.1, 0.15) is 25.0 Å². The lowest BCUT2D eigenvalue weighted by Gasteiger charge is -2.24. The summed E-state index contributed by atoms with van der Waals surface area (Å²) >= 11 is 0. The third-order valence-corrected chi connectivity index (χ3v) is 13.0. The minimum absolute atomic E-state index is 0.202. The van der Waals surface area contributed by atoms with Crippen molar-refractivity contribution >= 4 is 38.0 Å². The average Bonchev–Trinajstić information content (AvgIpc) is 3.78. The van der Waals surface area contributed by atoms with E-state index >= 15 is 0 Å². The van der Waals surface area contributed by atoms with Crippen LogP contribution in [-0.2, 0) is 5.41 Å². The van der Waals surface area contributed by atoms with E-state index in [1.54, 1.807) is 0 Å². The Labute approximate surface area is 349 Å². The standard InChI is InChI=1S/C58H40N2/c1-58(2)51-32-43(37-26-28-40(29-27-37)56-57(41-20-10-5-11-21-41)60-36-44-23-13-12-22-42(44)33-53(60)59-56)30-31-45(51)48-34-49-50(35-52(48)58)55(39-18-8-4-9-19-39)47-25-15-14-24-46(47)54(49)38-16-6-3-7-17-38/h3-36H,1-2H3. The second-order valence-electron chi connectivity index (χ2n) is 16.7. The van der Waals surface area contributed by atoms with Crippen LogP contribution in [0.5, 0.6) is 0 Å². The highest BCUT2D eigenvalue weighted by Crippen LogP contribution is 2.54. The highest BCUT2D eigenvalue weighted by atomic mass is 15.0. The van der Waals surface area contributed by atoms with E-state index in [1.807, 2.05) is 0 Å². The zero-order valence-electron chi connectivity index (χ0n) is 33.5. The third kappa shape index (κ3) is 5.24. The number of fused-ring (bicyclic) bond motifs is 7. The summed E-state index contributed by atoms with van der Waals surface area (Å²) in [4.78, 5) is 5.26. The van der Waals surface area contributed by atoms with E-state index in [9.17, 15) is 0 Å². The summed E-state index contributed by atoms with van der Waals surface area (Å²) in [6, 6.07) is 73.3. The maximum atomic E-state index is 5.26. The fourth-order valence-corrected chi connectivity index (χ4v) is 10.0. The van der Waals surface area contributed by atoms with Gasteiger partial charge in [-0.3, -0.25) is 4.40 Å². The van der Waals surface area contributed by atoms with E-state index in [4.69, 9.17) is 4.98 Å². The predicted molar refractivity (Wildman–Crippen MR) is 252 cm³/mol. The molecule has 2 aromatic heterocycles. The summed E-state index contributed by atoms with van der Waals surface area (Å²) in [5.74, 6) is 0. The molecule has 0 N–H and O–H groups in total. The molecule has 0 radical (unpaired) electrons. The Balaban J connectivity index is 0.999. The van der Waals surface area contributed by atoms with Crippen molar-refractivity contribution in [1.82, 2.24) is 9.38 Å². The monoisotopic (exact) mass is 764 g/mol. The lowest BCUT2D eigenvalue weighted by atomic mass is 9.79. The number of aromatic nitrogens is 2. The third-order valence-electron chi connectivity index (χ3n) is 13.0. The first-order chi connectivity index (χ1) is 29.5. The summed E-state index contributed by atoms with van der Waals surface area (Å²) in [5.41, 5.74) is 17.9. The van der Waals surface area contributed by atoms with Gasteiger partial charge in [-0.1, -0.05) is 190 Å². The maximum absolute atomic E-state index is 5.26. The molecule has 0 amide bonds. The number of hydrogen-bond acceptors (Lipinski definition) is 1. The highest BCUT2D eigenvalue weighted by Gasteiger charge is 2.37. The van der Waals surface area contributed by atoms with Crippen LogP contribution in [0.4, 0.5) is 0 Å². The van der Waals surface area contributed by atoms with Gasteiger partial charge in [-0.25, -0.2) is 4.98 Å². The van der Waals surface area contributed by atoms with Gasteiger partial charge in [0.25, 0.3) is 0 Å². The lowest BCUT2D eigenvalue weighted by molar-refractivity contribution is 0.661. The Morgan fingerprint density at radius 3 is 1.55 bits per heavy atom. The maximum Gasteiger partial charge on any atom is 0.138 e. The molecule has 2 heterocycles. The minimum Gasteiger partial charge on any atom is -0.298 e. The summed E-state index contributed by atoms with van der Waals surface area (Å²) in [5, 5.41) is 7.52. The minimum atomic E-state index is -0.202. The molecule has 282 valence electrons. The van der Waals surface area contributed by atoms with Crippen LogP contribution in [0.25, 0.3) is 105 Å². The molecule has 0 atom stereocenters. The van der Waals surface area contributed by atoms with Gasteiger partial charge < -0.3 is 0 Å². The number of pyridine rings is 1. The molecule has 9 aromatic carbocycles. The number of nitrogens with zero attached hydrogens (tertiary/aromatic N) is 2. The molecule has 1 aliphatic carbocycles. The Bertz CT molecular complexity index is 3470. The van der Waals surface area contributed by atoms with E-state index in [0.29, 0.717) is 0 Å².